The zero-order chi connectivity index (χ0) is 21.0. The van der Waals surface area contributed by atoms with Crippen molar-refractivity contribution >= 4 is 34.2 Å². The van der Waals surface area contributed by atoms with E-state index in [0.717, 1.165) is 11.6 Å². The van der Waals surface area contributed by atoms with Gasteiger partial charge in [-0.05, 0) is 43.7 Å². The van der Waals surface area contributed by atoms with Crippen LogP contribution in [0.1, 0.15) is 32.5 Å². The van der Waals surface area contributed by atoms with Crippen LogP contribution in [0.25, 0.3) is 0 Å². The Hall–Kier alpha value is -2.94. The quantitative estimate of drug-likeness (QED) is 0.824. The molecule has 0 bridgehead atoms. The Morgan fingerprint density at radius 2 is 1.83 bits per heavy atom. The van der Waals surface area contributed by atoms with Crippen LogP contribution >= 0.6 is 11.3 Å². The standard InChI is InChI=1S/C20H22FN3O4S/c1-3-28-20(27)24-9-7-23(8-10-24)19(26)17-13(2)11-16(29-17)22-18(25)14-5-4-6-15(21)12-14/h4-6,11-12H,3,7-10H2,1-2H3,(H,22,25). The summed E-state index contributed by atoms with van der Waals surface area (Å²) in [5.41, 5.74) is 0.960. The minimum absolute atomic E-state index is 0.137. The van der Waals surface area contributed by atoms with Crippen LogP contribution in [0.4, 0.5) is 14.2 Å². The van der Waals surface area contributed by atoms with E-state index in [2.05, 4.69) is 5.32 Å². The Morgan fingerprint density at radius 3 is 2.48 bits per heavy atom. The zero-order valence-corrected chi connectivity index (χ0v) is 17.1. The van der Waals surface area contributed by atoms with Crippen molar-refractivity contribution in [1.82, 2.24) is 9.80 Å². The van der Waals surface area contributed by atoms with E-state index in [1.165, 1.54) is 29.5 Å². The van der Waals surface area contributed by atoms with Crippen LogP contribution < -0.4 is 5.32 Å². The molecule has 0 unspecified atom stereocenters. The smallest absolute Gasteiger partial charge is 0.409 e. The van der Waals surface area contributed by atoms with Gasteiger partial charge in [0.05, 0.1) is 16.5 Å². The molecule has 0 saturated carbocycles. The number of nitrogens with zero attached hydrogens (tertiary/aromatic N) is 2. The van der Waals surface area contributed by atoms with Crippen molar-refractivity contribution in [1.29, 1.82) is 0 Å². The number of aryl methyl sites for hydroxylation is 1. The van der Waals surface area contributed by atoms with Crippen LogP contribution in [-0.2, 0) is 4.74 Å². The van der Waals surface area contributed by atoms with E-state index in [4.69, 9.17) is 4.74 Å². The topological polar surface area (TPSA) is 79.0 Å². The second-order valence-electron chi connectivity index (χ2n) is 6.57. The van der Waals surface area contributed by atoms with Crippen molar-refractivity contribution in [3.63, 3.8) is 0 Å². The highest BCUT2D eigenvalue weighted by atomic mass is 32.1. The summed E-state index contributed by atoms with van der Waals surface area (Å²) in [6, 6.07) is 7.14. The third-order valence-corrected chi connectivity index (χ3v) is 5.67. The third kappa shape index (κ3) is 4.92. The fourth-order valence-corrected chi connectivity index (χ4v) is 4.06. The number of hydrogen-bond donors (Lipinski definition) is 1. The van der Waals surface area contributed by atoms with Crippen LogP contribution in [0.3, 0.4) is 0 Å². The SMILES string of the molecule is CCOC(=O)N1CCN(C(=O)c2sc(NC(=O)c3cccc(F)c3)cc2C)CC1. The largest absolute Gasteiger partial charge is 0.450 e. The first-order chi connectivity index (χ1) is 13.9. The average Bonchev–Trinajstić information content (AvgIpc) is 3.07. The molecule has 1 fully saturated rings. The predicted molar refractivity (Wildman–Crippen MR) is 108 cm³/mol. The van der Waals surface area contributed by atoms with Crippen molar-refractivity contribution < 1.29 is 23.5 Å². The van der Waals surface area contributed by atoms with E-state index in [1.54, 1.807) is 29.7 Å². The molecule has 0 atom stereocenters. The van der Waals surface area contributed by atoms with Crippen molar-refractivity contribution in [3.05, 3.63) is 52.2 Å². The molecule has 9 heteroatoms. The summed E-state index contributed by atoms with van der Waals surface area (Å²) >= 11 is 1.18. The molecule has 0 spiro atoms. The summed E-state index contributed by atoms with van der Waals surface area (Å²) in [5.74, 6) is -1.06. The number of piperazine rings is 1. The Kier molecular flexibility index (Phi) is 6.48. The minimum Gasteiger partial charge on any atom is -0.450 e. The van der Waals surface area contributed by atoms with E-state index < -0.39 is 11.7 Å². The number of carbonyl (C=O) groups excluding carboxylic acids is 3. The van der Waals surface area contributed by atoms with Crippen LogP contribution in [0.2, 0.25) is 0 Å². The number of hydrogen-bond acceptors (Lipinski definition) is 5. The van der Waals surface area contributed by atoms with Crippen LogP contribution in [0.5, 0.6) is 0 Å². The first-order valence-corrected chi connectivity index (χ1v) is 10.1. The molecule has 154 valence electrons. The molecule has 0 aliphatic carbocycles. The molecule has 3 amide bonds. The number of carbonyl (C=O) groups is 3. The highest BCUT2D eigenvalue weighted by Crippen LogP contribution is 2.28. The number of amides is 3. The van der Waals surface area contributed by atoms with Crippen LogP contribution in [0, 0.1) is 12.7 Å². The molecule has 0 radical (unpaired) electrons. The number of nitrogens with one attached hydrogen (secondary N) is 1. The van der Waals surface area contributed by atoms with E-state index in [0.29, 0.717) is 42.7 Å². The number of benzene rings is 1. The molecule has 29 heavy (non-hydrogen) atoms. The van der Waals surface area contributed by atoms with Gasteiger partial charge in [0, 0.05) is 31.7 Å². The van der Waals surface area contributed by atoms with Gasteiger partial charge < -0.3 is 19.9 Å². The van der Waals surface area contributed by atoms with Gasteiger partial charge in [0.15, 0.2) is 0 Å². The number of halogens is 1. The Bertz CT molecular complexity index is 922. The average molecular weight is 419 g/mol. The maximum Gasteiger partial charge on any atom is 0.409 e. The lowest BCUT2D eigenvalue weighted by molar-refractivity contribution is 0.0573. The van der Waals surface area contributed by atoms with Gasteiger partial charge in [-0.15, -0.1) is 11.3 Å². The first-order valence-electron chi connectivity index (χ1n) is 9.27. The molecule has 2 heterocycles. The number of ether oxygens (including phenoxy) is 1. The third-order valence-electron chi connectivity index (χ3n) is 4.53. The minimum atomic E-state index is -0.488. The molecule has 1 aromatic heterocycles. The maximum absolute atomic E-state index is 13.3. The Morgan fingerprint density at radius 1 is 1.14 bits per heavy atom. The van der Waals surface area contributed by atoms with Crippen molar-refractivity contribution in [2.24, 2.45) is 0 Å². The molecule has 1 N–H and O–H groups in total. The van der Waals surface area contributed by atoms with Gasteiger partial charge in [0.2, 0.25) is 0 Å². The lowest BCUT2D eigenvalue weighted by Crippen LogP contribution is -2.50. The molecular formula is C20H22FN3O4S. The molecule has 1 aliphatic heterocycles. The highest BCUT2D eigenvalue weighted by Gasteiger charge is 2.27. The molecule has 1 aliphatic rings. The van der Waals surface area contributed by atoms with E-state index >= 15 is 0 Å². The summed E-state index contributed by atoms with van der Waals surface area (Å²) in [6.07, 6.45) is -0.366. The molecule has 2 aromatic rings. The fraction of sp³-hybridized carbons (Fsp3) is 0.350. The van der Waals surface area contributed by atoms with Gasteiger partial charge in [-0.3, -0.25) is 9.59 Å². The lowest BCUT2D eigenvalue weighted by atomic mass is 10.2. The predicted octanol–water partition coefficient (Wildman–Crippen LogP) is 3.36. The highest BCUT2D eigenvalue weighted by molar-refractivity contribution is 7.18. The monoisotopic (exact) mass is 419 g/mol. The Balaban J connectivity index is 1.63. The van der Waals surface area contributed by atoms with E-state index in [1.807, 2.05) is 0 Å². The van der Waals surface area contributed by atoms with Gasteiger partial charge in [-0.1, -0.05) is 6.07 Å². The Labute approximate surface area is 172 Å². The van der Waals surface area contributed by atoms with Gasteiger partial charge >= 0.3 is 6.09 Å². The summed E-state index contributed by atoms with van der Waals surface area (Å²) in [7, 11) is 0. The maximum atomic E-state index is 13.3. The van der Waals surface area contributed by atoms with E-state index in [-0.39, 0.29) is 17.6 Å². The normalized spacial score (nSPS) is 13.9. The van der Waals surface area contributed by atoms with Crippen molar-refractivity contribution in [2.75, 3.05) is 38.1 Å². The zero-order valence-electron chi connectivity index (χ0n) is 16.2. The van der Waals surface area contributed by atoms with Crippen molar-refractivity contribution in [2.45, 2.75) is 13.8 Å². The summed E-state index contributed by atoms with van der Waals surface area (Å²) in [4.78, 5) is 40.8. The molecule has 3 rings (SSSR count). The summed E-state index contributed by atoms with van der Waals surface area (Å²) < 4.78 is 18.3. The van der Waals surface area contributed by atoms with Crippen molar-refractivity contribution in [3.8, 4) is 0 Å². The summed E-state index contributed by atoms with van der Waals surface area (Å²) in [6.45, 7) is 5.53. The van der Waals surface area contributed by atoms with E-state index in [9.17, 15) is 18.8 Å². The van der Waals surface area contributed by atoms with Gasteiger partial charge in [0.25, 0.3) is 11.8 Å². The number of anilines is 1. The number of thiophene rings is 1. The van der Waals surface area contributed by atoms with Gasteiger partial charge in [-0.2, -0.15) is 0 Å². The summed E-state index contributed by atoms with van der Waals surface area (Å²) in [5, 5.41) is 3.23. The molecular weight excluding hydrogens is 397 g/mol. The number of rotatable bonds is 4. The first kappa shape index (κ1) is 20.8. The fourth-order valence-electron chi connectivity index (χ4n) is 3.02. The second-order valence-corrected chi connectivity index (χ2v) is 7.62. The van der Waals surface area contributed by atoms with Gasteiger partial charge in [-0.25, -0.2) is 9.18 Å². The van der Waals surface area contributed by atoms with Gasteiger partial charge in [0.1, 0.15) is 5.82 Å². The molecule has 1 aromatic carbocycles. The second kappa shape index (κ2) is 9.04. The molecule has 1 saturated heterocycles. The van der Waals surface area contributed by atoms with Crippen LogP contribution in [-0.4, -0.2) is 60.5 Å². The molecule has 7 nitrogen and oxygen atoms in total. The lowest BCUT2D eigenvalue weighted by Gasteiger charge is -2.33. The van der Waals surface area contributed by atoms with Crippen LogP contribution in [0.15, 0.2) is 30.3 Å².